The molecule has 0 aromatic carbocycles. The van der Waals surface area contributed by atoms with Crippen molar-refractivity contribution in [1.82, 2.24) is 9.88 Å². The Morgan fingerprint density at radius 1 is 1.19 bits per heavy atom. The molecule has 0 saturated carbocycles. The van der Waals surface area contributed by atoms with Gasteiger partial charge in [0.25, 0.3) is 0 Å². The Labute approximate surface area is 121 Å². The van der Waals surface area contributed by atoms with Crippen LogP contribution in [0.4, 0.5) is 24.8 Å². The molecule has 2 N–H and O–H groups in total. The first-order chi connectivity index (χ1) is 9.97. The van der Waals surface area contributed by atoms with E-state index >= 15 is 0 Å². The molecule has 21 heavy (non-hydrogen) atoms. The molecule has 2 fully saturated rings. The van der Waals surface area contributed by atoms with E-state index in [1.807, 2.05) is 0 Å². The van der Waals surface area contributed by atoms with Gasteiger partial charge >= 0.3 is 6.18 Å². The summed E-state index contributed by atoms with van der Waals surface area (Å²) in [6, 6.07) is 2.74. The van der Waals surface area contributed by atoms with E-state index in [0.717, 1.165) is 38.1 Å². The Balaban J connectivity index is 1.81. The predicted octanol–water partition coefficient (Wildman–Crippen LogP) is 2.79. The number of hydrogen-bond donors (Lipinski definition) is 2. The fourth-order valence-electron chi connectivity index (χ4n) is 3.34. The van der Waals surface area contributed by atoms with Crippen LogP contribution in [0, 0.1) is 0 Å². The van der Waals surface area contributed by atoms with Gasteiger partial charge in [-0.3, -0.25) is 4.90 Å². The standard InChI is InChI=1S/C14H19F3N4/c1-18-12-7-9(14(15,16)17)8-13(20-12)19-10-4-6-21-5-2-3-11(10)21/h7-8,10-11H,2-6H2,1H3,(H2,18,19,20). The molecule has 4 nitrogen and oxygen atoms in total. The highest BCUT2D eigenvalue weighted by atomic mass is 19.4. The van der Waals surface area contributed by atoms with E-state index in [4.69, 9.17) is 0 Å². The average Bonchev–Trinajstić information content (AvgIpc) is 3.02. The Morgan fingerprint density at radius 2 is 1.95 bits per heavy atom. The second-order valence-electron chi connectivity index (χ2n) is 5.66. The van der Waals surface area contributed by atoms with Gasteiger partial charge in [0.1, 0.15) is 11.6 Å². The lowest BCUT2D eigenvalue weighted by molar-refractivity contribution is -0.137. The average molecular weight is 300 g/mol. The quantitative estimate of drug-likeness (QED) is 0.900. The normalized spacial score (nSPS) is 25.9. The summed E-state index contributed by atoms with van der Waals surface area (Å²) in [5.41, 5.74) is -0.675. The monoisotopic (exact) mass is 300 g/mol. The van der Waals surface area contributed by atoms with Crippen molar-refractivity contribution >= 4 is 11.6 Å². The van der Waals surface area contributed by atoms with Crippen LogP contribution in [0.3, 0.4) is 0 Å². The summed E-state index contributed by atoms with van der Waals surface area (Å²) in [4.78, 5) is 6.61. The number of rotatable bonds is 3. The van der Waals surface area contributed by atoms with Crippen LogP contribution in [0.25, 0.3) is 0 Å². The van der Waals surface area contributed by atoms with Crippen molar-refractivity contribution in [2.24, 2.45) is 0 Å². The number of anilines is 2. The Morgan fingerprint density at radius 3 is 2.67 bits per heavy atom. The zero-order chi connectivity index (χ0) is 15.0. The molecular weight excluding hydrogens is 281 g/mol. The zero-order valence-corrected chi connectivity index (χ0v) is 11.9. The van der Waals surface area contributed by atoms with Crippen molar-refractivity contribution in [2.45, 2.75) is 37.5 Å². The van der Waals surface area contributed by atoms with E-state index in [0.29, 0.717) is 11.9 Å². The summed E-state index contributed by atoms with van der Waals surface area (Å²) < 4.78 is 38.8. The minimum atomic E-state index is -4.36. The molecular formula is C14H19F3N4. The Bertz CT molecular complexity index is 517. The van der Waals surface area contributed by atoms with Gasteiger partial charge in [0.2, 0.25) is 0 Å². The number of halogens is 3. The maximum atomic E-state index is 12.9. The summed E-state index contributed by atoms with van der Waals surface area (Å²) in [5, 5.41) is 5.90. The summed E-state index contributed by atoms with van der Waals surface area (Å²) in [5.74, 6) is 0.529. The van der Waals surface area contributed by atoms with E-state index < -0.39 is 11.7 Å². The highest BCUT2D eigenvalue weighted by Gasteiger charge is 2.38. The molecule has 1 aromatic rings. The third kappa shape index (κ3) is 2.92. The van der Waals surface area contributed by atoms with Crippen molar-refractivity contribution in [2.75, 3.05) is 30.8 Å². The van der Waals surface area contributed by atoms with E-state index in [2.05, 4.69) is 20.5 Å². The molecule has 2 aliphatic rings. The maximum Gasteiger partial charge on any atom is 0.416 e. The summed E-state index contributed by atoms with van der Waals surface area (Å²) >= 11 is 0. The number of pyridine rings is 1. The summed E-state index contributed by atoms with van der Waals surface area (Å²) in [6.07, 6.45) is -1.13. The first-order valence-corrected chi connectivity index (χ1v) is 7.25. The number of alkyl halides is 3. The molecule has 116 valence electrons. The lowest BCUT2D eigenvalue weighted by atomic mass is 10.1. The summed E-state index contributed by atoms with van der Waals surface area (Å²) in [7, 11) is 1.57. The Kier molecular flexibility index (Phi) is 3.69. The van der Waals surface area contributed by atoms with E-state index in [1.165, 1.54) is 6.42 Å². The molecule has 0 amide bonds. The molecule has 2 unspecified atom stereocenters. The Hall–Kier alpha value is -1.50. The predicted molar refractivity (Wildman–Crippen MR) is 75.4 cm³/mol. The topological polar surface area (TPSA) is 40.2 Å². The van der Waals surface area contributed by atoms with Crippen LogP contribution in [0.1, 0.15) is 24.8 Å². The zero-order valence-electron chi connectivity index (χ0n) is 11.9. The fraction of sp³-hybridized carbons (Fsp3) is 0.643. The van der Waals surface area contributed by atoms with Crippen molar-refractivity contribution in [3.05, 3.63) is 17.7 Å². The number of nitrogens with zero attached hydrogens (tertiary/aromatic N) is 2. The first kappa shape index (κ1) is 14.4. The molecule has 1 aromatic heterocycles. The van der Waals surface area contributed by atoms with Crippen molar-refractivity contribution in [3.8, 4) is 0 Å². The van der Waals surface area contributed by atoms with Gasteiger partial charge in [-0.1, -0.05) is 0 Å². The highest BCUT2D eigenvalue weighted by molar-refractivity contribution is 5.50. The molecule has 0 radical (unpaired) electrons. The second kappa shape index (κ2) is 5.36. The van der Waals surface area contributed by atoms with Crippen LogP contribution in [-0.2, 0) is 6.18 Å². The van der Waals surface area contributed by atoms with E-state index in [9.17, 15) is 13.2 Å². The van der Waals surface area contributed by atoms with E-state index in [1.54, 1.807) is 7.05 Å². The van der Waals surface area contributed by atoms with Crippen LogP contribution < -0.4 is 10.6 Å². The van der Waals surface area contributed by atoms with Crippen LogP contribution in [0.5, 0.6) is 0 Å². The lowest BCUT2D eigenvalue weighted by Gasteiger charge is -2.22. The SMILES string of the molecule is CNc1cc(C(F)(F)F)cc(NC2CCN3CCCC23)n1. The number of nitrogens with one attached hydrogen (secondary N) is 2. The van der Waals surface area contributed by atoms with Gasteiger partial charge in [0, 0.05) is 25.7 Å². The smallest absolute Gasteiger partial charge is 0.373 e. The lowest BCUT2D eigenvalue weighted by Crippen LogP contribution is -2.34. The molecule has 0 aliphatic carbocycles. The molecule has 3 rings (SSSR count). The molecule has 2 atom stereocenters. The van der Waals surface area contributed by atoms with Crippen molar-refractivity contribution in [1.29, 1.82) is 0 Å². The largest absolute Gasteiger partial charge is 0.416 e. The second-order valence-corrected chi connectivity index (χ2v) is 5.66. The molecule has 3 heterocycles. The van der Waals surface area contributed by atoms with Crippen LogP contribution in [-0.4, -0.2) is 42.1 Å². The third-order valence-corrected chi connectivity index (χ3v) is 4.35. The first-order valence-electron chi connectivity index (χ1n) is 7.25. The minimum Gasteiger partial charge on any atom is -0.373 e. The molecule has 0 spiro atoms. The van der Waals surface area contributed by atoms with Crippen LogP contribution >= 0.6 is 0 Å². The van der Waals surface area contributed by atoms with Gasteiger partial charge in [-0.25, -0.2) is 4.98 Å². The van der Waals surface area contributed by atoms with Gasteiger partial charge in [-0.2, -0.15) is 13.2 Å². The number of fused-ring (bicyclic) bond motifs is 1. The number of hydrogen-bond acceptors (Lipinski definition) is 4. The van der Waals surface area contributed by atoms with Gasteiger partial charge < -0.3 is 10.6 Å². The number of aromatic nitrogens is 1. The third-order valence-electron chi connectivity index (χ3n) is 4.35. The summed E-state index contributed by atoms with van der Waals surface area (Å²) in [6.45, 7) is 2.11. The molecule has 2 aliphatic heterocycles. The van der Waals surface area contributed by atoms with Gasteiger partial charge in [0.05, 0.1) is 5.56 Å². The van der Waals surface area contributed by atoms with Crippen LogP contribution in [0.15, 0.2) is 12.1 Å². The van der Waals surface area contributed by atoms with Gasteiger partial charge in [0.15, 0.2) is 0 Å². The van der Waals surface area contributed by atoms with Crippen LogP contribution in [0.2, 0.25) is 0 Å². The van der Waals surface area contributed by atoms with Gasteiger partial charge in [-0.05, 0) is 37.9 Å². The molecule has 7 heteroatoms. The maximum absolute atomic E-state index is 12.9. The molecule has 2 saturated heterocycles. The molecule has 0 bridgehead atoms. The van der Waals surface area contributed by atoms with Gasteiger partial charge in [-0.15, -0.1) is 0 Å². The van der Waals surface area contributed by atoms with E-state index in [-0.39, 0.29) is 11.9 Å². The minimum absolute atomic E-state index is 0.188. The fourth-order valence-corrected chi connectivity index (χ4v) is 3.34. The van der Waals surface area contributed by atoms with Crippen molar-refractivity contribution < 1.29 is 13.2 Å². The van der Waals surface area contributed by atoms with Crippen molar-refractivity contribution in [3.63, 3.8) is 0 Å². The highest BCUT2D eigenvalue weighted by Crippen LogP contribution is 2.34.